The highest BCUT2D eigenvalue weighted by Crippen LogP contribution is 2.25. The first-order chi connectivity index (χ1) is 12.6. The molecule has 0 saturated heterocycles. The lowest BCUT2D eigenvalue weighted by Gasteiger charge is -2.03. The number of hydrogen-bond donors (Lipinski definition) is 3. The summed E-state index contributed by atoms with van der Waals surface area (Å²) in [5.41, 5.74) is 5.34. The van der Waals surface area contributed by atoms with Gasteiger partial charge in [0.1, 0.15) is 11.5 Å². The van der Waals surface area contributed by atoms with Gasteiger partial charge >= 0.3 is 0 Å². The van der Waals surface area contributed by atoms with E-state index in [-0.39, 0.29) is 5.75 Å². The number of aromatic hydroxyl groups is 1. The van der Waals surface area contributed by atoms with E-state index in [2.05, 4.69) is 20.5 Å². The Balaban J connectivity index is 1.67. The number of methoxy groups -OCH3 is 1. The first-order valence-corrected chi connectivity index (χ1v) is 7.90. The molecule has 0 saturated carbocycles. The summed E-state index contributed by atoms with van der Waals surface area (Å²) < 4.78 is 4.97. The SMILES string of the molecule is COc1ccc(/C=N/NC(=O)c2cnc(-c3ccccc3C)[nH]2)cc1O. The van der Waals surface area contributed by atoms with Crippen LogP contribution in [0.25, 0.3) is 11.4 Å². The second-order valence-electron chi connectivity index (χ2n) is 5.59. The molecule has 26 heavy (non-hydrogen) atoms. The zero-order valence-corrected chi connectivity index (χ0v) is 14.4. The Morgan fingerprint density at radius 1 is 1.31 bits per heavy atom. The molecule has 1 aromatic heterocycles. The van der Waals surface area contributed by atoms with Gasteiger partial charge in [-0.2, -0.15) is 5.10 Å². The molecule has 0 unspecified atom stereocenters. The molecule has 0 aliphatic heterocycles. The summed E-state index contributed by atoms with van der Waals surface area (Å²) in [7, 11) is 1.47. The summed E-state index contributed by atoms with van der Waals surface area (Å²) >= 11 is 0. The molecule has 1 heterocycles. The third-order valence-corrected chi connectivity index (χ3v) is 3.80. The van der Waals surface area contributed by atoms with Crippen LogP contribution in [0.1, 0.15) is 21.6 Å². The fourth-order valence-corrected chi connectivity index (χ4v) is 2.43. The second-order valence-corrected chi connectivity index (χ2v) is 5.59. The Hall–Kier alpha value is -3.61. The van der Waals surface area contributed by atoms with E-state index >= 15 is 0 Å². The van der Waals surface area contributed by atoms with E-state index in [1.54, 1.807) is 12.1 Å². The van der Waals surface area contributed by atoms with Crippen molar-refractivity contribution in [3.63, 3.8) is 0 Å². The maximum atomic E-state index is 12.2. The summed E-state index contributed by atoms with van der Waals surface area (Å²) in [5, 5.41) is 13.6. The van der Waals surface area contributed by atoms with Crippen LogP contribution in [-0.2, 0) is 0 Å². The topological polar surface area (TPSA) is 99.6 Å². The molecular weight excluding hydrogens is 332 g/mol. The highest BCUT2D eigenvalue weighted by atomic mass is 16.5. The molecule has 7 nitrogen and oxygen atoms in total. The quantitative estimate of drug-likeness (QED) is 0.487. The zero-order valence-electron chi connectivity index (χ0n) is 14.4. The molecule has 3 aromatic rings. The van der Waals surface area contributed by atoms with Crippen molar-refractivity contribution in [2.75, 3.05) is 7.11 Å². The van der Waals surface area contributed by atoms with Gasteiger partial charge in [-0.25, -0.2) is 10.4 Å². The van der Waals surface area contributed by atoms with E-state index in [1.165, 1.54) is 25.6 Å². The van der Waals surface area contributed by atoms with E-state index in [1.807, 2.05) is 31.2 Å². The summed E-state index contributed by atoms with van der Waals surface area (Å²) in [6, 6.07) is 12.6. The number of nitrogens with one attached hydrogen (secondary N) is 2. The number of ether oxygens (including phenoxy) is 1. The van der Waals surface area contributed by atoms with Crippen molar-refractivity contribution in [3.8, 4) is 22.9 Å². The van der Waals surface area contributed by atoms with Gasteiger partial charge in [-0.1, -0.05) is 24.3 Å². The van der Waals surface area contributed by atoms with E-state index in [4.69, 9.17) is 4.74 Å². The Morgan fingerprint density at radius 3 is 2.85 bits per heavy atom. The number of amides is 1. The number of aromatic nitrogens is 2. The van der Waals surface area contributed by atoms with Crippen molar-refractivity contribution >= 4 is 12.1 Å². The molecule has 2 aromatic carbocycles. The van der Waals surface area contributed by atoms with Crippen LogP contribution in [0, 0.1) is 6.92 Å². The Morgan fingerprint density at radius 2 is 2.12 bits per heavy atom. The Labute approximate surface area is 150 Å². The summed E-state index contributed by atoms with van der Waals surface area (Å²) in [6.07, 6.45) is 2.89. The van der Waals surface area contributed by atoms with Crippen LogP contribution in [0.15, 0.2) is 53.8 Å². The van der Waals surface area contributed by atoms with Gasteiger partial charge in [0.15, 0.2) is 11.5 Å². The lowest BCUT2D eigenvalue weighted by molar-refractivity contribution is 0.0950. The molecule has 0 bridgehead atoms. The molecule has 7 heteroatoms. The molecule has 0 spiro atoms. The number of rotatable bonds is 5. The van der Waals surface area contributed by atoms with Crippen molar-refractivity contribution in [2.45, 2.75) is 6.92 Å². The van der Waals surface area contributed by atoms with Crippen LogP contribution in [0.3, 0.4) is 0 Å². The number of carbonyl (C=O) groups excluding carboxylic acids is 1. The normalized spacial score (nSPS) is 10.8. The average Bonchev–Trinajstić information content (AvgIpc) is 3.12. The largest absolute Gasteiger partial charge is 0.504 e. The molecule has 3 N–H and O–H groups in total. The van der Waals surface area contributed by atoms with Gasteiger partial charge in [0, 0.05) is 5.56 Å². The van der Waals surface area contributed by atoms with Gasteiger partial charge in [-0.05, 0) is 36.2 Å². The Bertz CT molecular complexity index is 963. The van der Waals surface area contributed by atoms with Crippen molar-refractivity contribution in [1.29, 1.82) is 0 Å². The number of imidazole rings is 1. The smallest absolute Gasteiger partial charge is 0.289 e. The summed E-state index contributed by atoms with van der Waals surface area (Å²) in [5.74, 6) is 0.579. The van der Waals surface area contributed by atoms with Crippen molar-refractivity contribution < 1.29 is 14.6 Å². The first-order valence-electron chi connectivity index (χ1n) is 7.90. The molecule has 0 fully saturated rings. The van der Waals surface area contributed by atoms with Crippen LogP contribution in [-0.4, -0.2) is 34.3 Å². The number of aryl methyl sites for hydroxylation is 1. The maximum absolute atomic E-state index is 12.2. The fraction of sp³-hybridized carbons (Fsp3) is 0.105. The molecule has 0 radical (unpaired) electrons. The monoisotopic (exact) mass is 350 g/mol. The lowest BCUT2D eigenvalue weighted by atomic mass is 10.1. The number of hydrazone groups is 1. The highest BCUT2D eigenvalue weighted by Gasteiger charge is 2.11. The van der Waals surface area contributed by atoms with E-state index in [9.17, 15) is 9.90 Å². The van der Waals surface area contributed by atoms with Gasteiger partial charge in [-0.3, -0.25) is 4.79 Å². The minimum Gasteiger partial charge on any atom is -0.504 e. The number of benzene rings is 2. The van der Waals surface area contributed by atoms with Gasteiger partial charge in [-0.15, -0.1) is 0 Å². The minimum absolute atomic E-state index is 0.000725. The molecule has 0 atom stereocenters. The third kappa shape index (κ3) is 3.72. The minimum atomic E-state index is -0.411. The molecule has 0 aliphatic rings. The number of hydrogen-bond acceptors (Lipinski definition) is 5. The van der Waals surface area contributed by atoms with Crippen LogP contribution in [0.2, 0.25) is 0 Å². The summed E-state index contributed by atoms with van der Waals surface area (Å²) in [6.45, 7) is 1.98. The number of phenolic OH excluding ortho intramolecular Hbond substituents is 1. The number of aromatic amines is 1. The zero-order chi connectivity index (χ0) is 18.5. The standard InChI is InChI=1S/C19H18N4O3/c1-12-5-3-4-6-14(12)18-20-11-15(22-18)19(25)23-21-10-13-7-8-17(26-2)16(24)9-13/h3-11,24H,1-2H3,(H,20,22)(H,23,25)/b21-10+. The molecule has 1 amide bonds. The second kappa shape index (κ2) is 7.52. The number of phenols is 1. The van der Waals surface area contributed by atoms with Crippen LogP contribution in [0.5, 0.6) is 11.5 Å². The van der Waals surface area contributed by atoms with Crippen molar-refractivity contribution in [3.05, 3.63) is 65.5 Å². The molecule has 132 valence electrons. The molecule has 3 rings (SSSR count). The Kier molecular flexibility index (Phi) is 4.98. The van der Waals surface area contributed by atoms with Crippen molar-refractivity contribution in [1.82, 2.24) is 15.4 Å². The van der Waals surface area contributed by atoms with E-state index in [0.717, 1.165) is 11.1 Å². The van der Waals surface area contributed by atoms with Gasteiger partial charge < -0.3 is 14.8 Å². The van der Waals surface area contributed by atoms with Gasteiger partial charge in [0.2, 0.25) is 0 Å². The summed E-state index contributed by atoms with van der Waals surface area (Å²) in [4.78, 5) is 19.4. The first kappa shape index (κ1) is 17.2. The van der Waals surface area contributed by atoms with Crippen LogP contribution in [0.4, 0.5) is 0 Å². The highest BCUT2D eigenvalue weighted by molar-refractivity contribution is 5.93. The predicted molar refractivity (Wildman–Crippen MR) is 98.5 cm³/mol. The van der Waals surface area contributed by atoms with Crippen molar-refractivity contribution in [2.24, 2.45) is 5.10 Å². The number of H-pyrrole nitrogens is 1. The number of carbonyl (C=O) groups is 1. The van der Waals surface area contributed by atoms with Crippen LogP contribution < -0.4 is 10.2 Å². The fourth-order valence-electron chi connectivity index (χ4n) is 2.43. The van der Waals surface area contributed by atoms with Crippen LogP contribution >= 0.6 is 0 Å². The maximum Gasteiger partial charge on any atom is 0.289 e. The predicted octanol–water partition coefficient (Wildman–Crippen LogP) is 2.86. The average molecular weight is 350 g/mol. The van der Waals surface area contributed by atoms with E-state index < -0.39 is 5.91 Å². The molecule has 0 aliphatic carbocycles. The van der Waals surface area contributed by atoms with Gasteiger partial charge in [0.05, 0.1) is 19.5 Å². The third-order valence-electron chi connectivity index (χ3n) is 3.80. The van der Waals surface area contributed by atoms with Gasteiger partial charge in [0.25, 0.3) is 5.91 Å². The lowest BCUT2D eigenvalue weighted by Crippen LogP contribution is -2.18. The van der Waals surface area contributed by atoms with E-state index in [0.29, 0.717) is 22.8 Å². The number of nitrogens with zero attached hydrogens (tertiary/aromatic N) is 2. The molecular formula is C19H18N4O3.